The molecule has 0 fully saturated rings. The molecule has 0 aromatic heterocycles. The highest BCUT2D eigenvalue weighted by molar-refractivity contribution is 6.09. The molecule has 21 heavy (non-hydrogen) atoms. The lowest BCUT2D eigenvalue weighted by molar-refractivity contribution is -0.139. The van der Waals surface area contributed by atoms with Gasteiger partial charge >= 0.3 is 5.97 Å². The van der Waals surface area contributed by atoms with Crippen LogP contribution in [0.15, 0.2) is 48.5 Å². The number of fused-ring (bicyclic) bond motifs is 5. The van der Waals surface area contributed by atoms with E-state index in [0.29, 0.717) is 0 Å². The number of aryl methyl sites for hydroxylation is 1. The second kappa shape index (κ2) is 4.59. The lowest BCUT2D eigenvalue weighted by Crippen LogP contribution is -2.18. The maximum atomic E-state index is 11.5. The second-order valence-electron chi connectivity index (χ2n) is 5.80. The molecule has 1 unspecified atom stereocenters. The van der Waals surface area contributed by atoms with Crippen LogP contribution in [-0.2, 0) is 11.2 Å². The number of carboxylic acid groups (broad SMARTS) is 1. The van der Waals surface area contributed by atoms with E-state index in [2.05, 4.69) is 36.4 Å². The fourth-order valence-electron chi connectivity index (χ4n) is 3.67. The molecule has 1 aliphatic carbocycles. The summed E-state index contributed by atoms with van der Waals surface area (Å²) in [6.45, 7) is 0. The molecule has 2 heteroatoms. The van der Waals surface area contributed by atoms with Gasteiger partial charge in [0.25, 0.3) is 0 Å². The third-order valence-corrected chi connectivity index (χ3v) is 4.67. The minimum absolute atomic E-state index is 0.343. The lowest BCUT2D eigenvalue weighted by atomic mass is 9.80. The Morgan fingerprint density at radius 1 is 0.952 bits per heavy atom. The van der Waals surface area contributed by atoms with E-state index in [1.165, 1.54) is 27.1 Å². The van der Waals surface area contributed by atoms with E-state index in [4.69, 9.17) is 0 Å². The summed E-state index contributed by atoms with van der Waals surface area (Å²) in [5, 5.41) is 14.4. The van der Waals surface area contributed by atoms with Crippen molar-refractivity contribution in [3.63, 3.8) is 0 Å². The van der Waals surface area contributed by atoms with E-state index >= 15 is 0 Å². The topological polar surface area (TPSA) is 37.3 Å². The summed E-state index contributed by atoms with van der Waals surface area (Å²) in [5.74, 6) is -1.04. The zero-order chi connectivity index (χ0) is 14.4. The van der Waals surface area contributed by atoms with E-state index in [1.807, 2.05) is 12.1 Å². The lowest BCUT2D eigenvalue weighted by Gasteiger charge is -2.24. The zero-order valence-electron chi connectivity index (χ0n) is 11.7. The molecule has 4 rings (SSSR count). The van der Waals surface area contributed by atoms with Crippen molar-refractivity contribution in [2.45, 2.75) is 25.2 Å². The molecule has 0 saturated heterocycles. The molecular weight excluding hydrogens is 260 g/mol. The molecule has 3 aromatic rings. The summed E-state index contributed by atoms with van der Waals surface area (Å²) >= 11 is 0. The van der Waals surface area contributed by atoms with Gasteiger partial charge in [-0.2, -0.15) is 0 Å². The SMILES string of the molecule is O=C(O)C1CCCc2c1ccc1c2ccc2ccccc21. The van der Waals surface area contributed by atoms with Gasteiger partial charge in [-0.25, -0.2) is 0 Å². The van der Waals surface area contributed by atoms with E-state index in [0.717, 1.165) is 24.8 Å². The van der Waals surface area contributed by atoms with E-state index < -0.39 is 5.97 Å². The number of hydrogen-bond acceptors (Lipinski definition) is 1. The fourth-order valence-corrected chi connectivity index (χ4v) is 3.67. The Morgan fingerprint density at radius 2 is 1.76 bits per heavy atom. The molecule has 0 heterocycles. The average molecular weight is 276 g/mol. The minimum atomic E-state index is -0.698. The van der Waals surface area contributed by atoms with Crippen LogP contribution in [-0.4, -0.2) is 11.1 Å². The highest BCUT2D eigenvalue weighted by atomic mass is 16.4. The van der Waals surface area contributed by atoms with Crippen LogP contribution >= 0.6 is 0 Å². The van der Waals surface area contributed by atoms with Crippen molar-refractivity contribution >= 4 is 27.5 Å². The Hall–Kier alpha value is -2.35. The third kappa shape index (κ3) is 1.83. The van der Waals surface area contributed by atoms with Crippen molar-refractivity contribution < 1.29 is 9.90 Å². The van der Waals surface area contributed by atoms with Crippen LogP contribution in [0.2, 0.25) is 0 Å². The number of carboxylic acids is 1. The van der Waals surface area contributed by atoms with Gasteiger partial charge in [0.15, 0.2) is 0 Å². The van der Waals surface area contributed by atoms with Gasteiger partial charge in [0.1, 0.15) is 0 Å². The predicted molar refractivity (Wildman–Crippen MR) is 84.8 cm³/mol. The number of benzene rings is 3. The van der Waals surface area contributed by atoms with Crippen LogP contribution in [0, 0.1) is 0 Å². The number of aliphatic carboxylic acids is 1. The van der Waals surface area contributed by atoms with Gasteiger partial charge in [-0.05, 0) is 51.9 Å². The first-order valence-electron chi connectivity index (χ1n) is 7.42. The van der Waals surface area contributed by atoms with Crippen LogP contribution in [0.4, 0.5) is 0 Å². The smallest absolute Gasteiger partial charge is 0.310 e. The molecule has 104 valence electrons. The molecule has 1 aliphatic rings. The van der Waals surface area contributed by atoms with Crippen molar-refractivity contribution in [2.24, 2.45) is 0 Å². The molecular formula is C19H16O2. The van der Waals surface area contributed by atoms with Crippen LogP contribution in [0.5, 0.6) is 0 Å². The monoisotopic (exact) mass is 276 g/mol. The Labute approximate surface area is 123 Å². The maximum absolute atomic E-state index is 11.5. The van der Waals surface area contributed by atoms with Gasteiger partial charge in [0.2, 0.25) is 0 Å². The van der Waals surface area contributed by atoms with Crippen molar-refractivity contribution in [3.05, 3.63) is 59.7 Å². The summed E-state index contributed by atoms with van der Waals surface area (Å²) in [7, 11) is 0. The van der Waals surface area contributed by atoms with Gasteiger partial charge < -0.3 is 5.11 Å². The van der Waals surface area contributed by atoms with Gasteiger partial charge in [0, 0.05) is 0 Å². The number of hydrogen-bond donors (Lipinski definition) is 1. The van der Waals surface area contributed by atoms with Gasteiger partial charge in [-0.15, -0.1) is 0 Å². The maximum Gasteiger partial charge on any atom is 0.310 e. The fraction of sp³-hybridized carbons (Fsp3) is 0.211. The molecule has 0 radical (unpaired) electrons. The largest absolute Gasteiger partial charge is 0.481 e. The summed E-state index contributed by atoms with van der Waals surface area (Å²) in [6, 6.07) is 16.8. The Bertz CT molecular complexity index is 864. The molecule has 0 amide bonds. The quantitative estimate of drug-likeness (QED) is 0.664. The van der Waals surface area contributed by atoms with Gasteiger partial charge in [0.05, 0.1) is 5.92 Å². The van der Waals surface area contributed by atoms with Crippen LogP contribution in [0.25, 0.3) is 21.5 Å². The third-order valence-electron chi connectivity index (χ3n) is 4.67. The summed E-state index contributed by atoms with van der Waals surface area (Å²) < 4.78 is 0. The number of rotatable bonds is 1. The normalized spacial score (nSPS) is 17.8. The first-order valence-corrected chi connectivity index (χ1v) is 7.42. The highest BCUT2D eigenvalue weighted by Crippen LogP contribution is 2.38. The minimum Gasteiger partial charge on any atom is -0.481 e. The van der Waals surface area contributed by atoms with Crippen molar-refractivity contribution in [1.29, 1.82) is 0 Å². The standard InChI is InChI=1S/C19H16O2/c20-19(21)18-7-3-6-14-16-9-8-12-4-1-2-5-13(12)15(16)10-11-17(14)18/h1-2,4-5,8-11,18H,3,6-7H2,(H,20,21). The summed E-state index contributed by atoms with van der Waals surface area (Å²) in [5.41, 5.74) is 2.24. The van der Waals surface area contributed by atoms with E-state index in [9.17, 15) is 9.90 Å². The summed E-state index contributed by atoms with van der Waals surface area (Å²) in [6.07, 6.45) is 2.69. The zero-order valence-corrected chi connectivity index (χ0v) is 11.7. The molecule has 0 aliphatic heterocycles. The van der Waals surface area contributed by atoms with Crippen LogP contribution in [0.3, 0.4) is 0 Å². The molecule has 1 atom stereocenters. The summed E-state index contributed by atoms with van der Waals surface area (Å²) in [4.78, 5) is 11.5. The van der Waals surface area contributed by atoms with Gasteiger partial charge in [-0.1, -0.05) is 48.5 Å². The molecule has 1 N–H and O–H groups in total. The van der Waals surface area contributed by atoms with Crippen molar-refractivity contribution in [1.82, 2.24) is 0 Å². The van der Waals surface area contributed by atoms with Crippen LogP contribution < -0.4 is 0 Å². The van der Waals surface area contributed by atoms with Crippen molar-refractivity contribution in [2.75, 3.05) is 0 Å². The number of carbonyl (C=O) groups is 1. The molecule has 0 saturated carbocycles. The molecule has 0 bridgehead atoms. The molecule has 3 aromatic carbocycles. The molecule has 2 nitrogen and oxygen atoms in total. The molecule has 0 spiro atoms. The highest BCUT2D eigenvalue weighted by Gasteiger charge is 2.27. The van der Waals surface area contributed by atoms with E-state index in [-0.39, 0.29) is 5.92 Å². The van der Waals surface area contributed by atoms with E-state index in [1.54, 1.807) is 0 Å². The Balaban J connectivity index is 2.06. The first kappa shape index (κ1) is 12.4. The van der Waals surface area contributed by atoms with Crippen LogP contribution in [0.1, 0.15) is 29.9 Å². The Morgan fingerprint density at radius 3 is 2.62 bits per heavy atom. The second-order valence-corrected chi connectivity index (χ2v) is 5.80. The predicted octanol–water partition coefficient (Wildman–Crippen LogP) is 4.50. The van der Waals surface area contributed by atoms with Crippen molar-refractivity contribution in [3.8, 4) is 0 Å². The van der Waals surface area contributed by atoms with Gasteiger partial charge in [-0.3, -0.25) is 4.79 Å². The first-order chi connectivity index (χ1) is 10.3. The average Bonchev–Trinajstić information content (AvgIpc) is 2.53. The Kier molecular flexibility index (Phi) is 2.71.